The van der Waals surface area contributed by atoms with E-state index in [1.165, 1.54) is 0 Å². The van der Waals surface area contributed by atoms with Crippen molar-refractivity contribution in [1.29, 1.82) is 0 Å². The molecule has 1 saturated carbocycles. The SMILES string of the molecule is Cc1cc(Br)cc(C(=O)N(CC(F)(F)F)C2CC2)c1. The number of carbonyl (C=O) groups excluding carboxylic acids is 1. The summed E-state index contributed by atoms with van der Waals surface area (Å²) in [5.74, 6) is -0.552. The van der Waals surface area contributed by atoms with E-state index >= 15 is 0 Å². The first-order valence-electron chi connectivity index (χ1n) is 5.91. The first kappa shape index (κ1) is 14.4. The molecule has 0 bridgehead atoms. The summed E-state index contributed by atoms with van der Waals surface area (Å²) < 4.78 is 38.3. The predicted octanol–water partition coefficient (Wildman–Crippen LogP) is 3.92. The van der Waals surface area contributed by atoms with E-state index in [1.807, 2.05) is 6.07 Å². The average Bonchev–Trinajstić information content (AvgIpc) is 3.06. The molecule has 1 aromatic carbocycles. The quantitative estimate of drug-likeness (QED) is 0.819. The third kappa shape index (κ3) is 3.96. The van der Waals surface area contributed by atoms with Gasteiger partial charge in [0.2, 0.25) is 0 Å². The van der Waals surface area contributed by atoms with Crippen LogP contribution in [0.5, 0.6) is 0 Å². The number of benzene rings is 1. The normalized spacial score (nSPS) is 15.4. The van der Waals surface area contributed by atoms with Crippen molar-refractivity contribution in [3.63, 3.8) is 0 Å². The van der Waals surface area contributed by atoms with Gasteiger partial charge in [-0.15, -0.1) is 0 Å². The third-order valence-corrected chi connectivity index (χ3v) is 3.35. The molecule has 0 N–H and O–H groups in total. The molecule has 1 aliphatic rings. The van der Waals surface area contributed by atoms with Crippen molar-refractivity contribution in [2.24, 2.45) is 0 Å². The average molecular weight is 336 g/mol. The van der Waals surface area contributed by atoms with Crippen LogP contribution in [0.1, 0.15) is 28.8 Å². The molecule has 2 nitrogen and oxygen atoms in total. The van der Waals surface area contributed by atoms with Crippen molar-refractivity contribution in [1.82, 2.24) is 4.90 Å². The highest BCUT2D eigenvalue weighted by molar-refractivity contribution is 9.10. The van der Waals surface area contributed by atoms with Crippen LogP contribution >= 0.6 is 15.9 Å². The summed E-state index contributed by atoms with van der Waals surface area (Å²) in [7, 11) is 0. The van der Waals surface area contributed by atoms with Crippen molar-refractivity contribution < 1.29 is 18.0 Å². The molecule has 0 atom stereocenters. The fourth-order valence-electron chi connectivity index (χ4n) is 1.97. The molecule has 0 aliphatic heterocycles. The van der Waals surface area contributed by atoms with Gasteiger partial charge in [0.1, 0.15) is 6.54 Å². The molecule has 0 heterocycles. The van der Waals surface area contributed by atoms with Gasteiger partial charge in [-0.2, -0.15) is 13.2 Å². The monoisotopic (exact) mass is 335 g/mol. The maximum Gasteiger partial charge on any atom is 0.406 e. The molecular formula is C13H13BrF3NO. The molecule has 0 spiro atoms. The lowest BCUT2D eigenvalue weighted by Crippen LogP contribution is -2.40. The molecule has 0 radical (unpaired) electrons. The van der Waals surface area contributed by atoms with Gasteiger partial charge in [0.15, 0.2) is 0 Å². The van der Waals surface area contributed by atoms with Gasteiger partial charge in [-0.25, -0.2) is 0 Å². The topological polar surface area (TPSA) is 20.3 Å². The van der Waals surface area contributed by atoms with Crippen molar-refractivity contribution in [3.05, 3.63) is 33.8 Å². The number of alkyl halides is 3. The Hall–Kier alpha value is -1.04. The zero-order valence-corrected chi connectivity index (χ0v) is 11.9. The van der Waals surface area contributed by atoms with E-state index < -0.39 is 18.6 Å². The fourth-order valence-corrected chi connectivity index (χ4v) is 2.58. The van der Waals surface area contributed by atoms with Crippen LogP contribution in [-0.4, -0.2) is 29.6 Å². The maximum absolute atomic E-state index is 12.5. The Labute approximate surface area is 117 Å². The number of aryl methyl sites for hydroxylation is 1. The van der Waals surface area contributed by atoms with Gasteiger partial charge in [0.05, 0.1) is 0 Å². The van der Waals surface area contributed by atoms with Crippen LogP contribution in [0.15, 0.2) is 22.7 Å². The van der Waals surface area contributed by atoms with Crippen molar-refractivity contribution >= 4 is 21.8 Å². The van der Waals surface area contributed by atoms with Crippen LogP contribution in [0.4, 0.5) is 13.2 Å². The molecule has 19 heavy (non-hydrogen) atoms. The van der Waals surface area contributed by atoms with Gasteiger partial charge in [0.25, 0.3) is 5.91 Å². The minimum Gasteiger partial charge on any atom is -0.327 e. The highest BCUT2D eigenvalue weighted by atomic mass is 79.9. The van der Waals surface area contributed by atoms with Crippen molar-refractivity contribution in [2.45, 2.75) is 32.0 Å². The Kier molecular flexibility index (Phi) is 3.90. The van der Waals surface area contributed by atoms with Crippen LogP contribution in [0, 0.1) is 6.92 Å². The second-order valence-corrected chi connectivity index (χ2v) is 5.71. The maximum atomic E-state index is 12.5. The van der Waals surface area contributed by atoms with Gasteiger partial charge < -0.3 is 4.90 Å². The molecule has 0 unspecified atom stereocenters. The second kappa shape index (κ2) is 5.15. The Morgan fingerprint density at radius 3 is 2.47 bits per heavy atom. The zero-order valence-electron chi connectivity index (χ0n) is 10.3. The highest BCUT2D eigenvalue weighted by Crippen LogP contribution is 2.31. The Morgan fingerprint density at radius 2 is 2.00 bits per heavy atom. The summed E-state index contributed by atoms with van der Waals surface area (Å²) in [6.45, 7) is 0.620. The summed E-state index contributed by atoms with van der Waals surface area (Å²) >= 11 is 3.25. The minimum absolute atomic E-state index is 0.270. The molecule has 1 amide bonds. The molecule has 1 fully saturated rings. The van der Waals surface area contributed by atoms with E-state index in [0.717, 1.165) is 10.5 Å². The molecule has 6 heteroatoms. The van der Waals surface area contributed by atoms with Crippen LogP contribution < -0.4 is 0 Å². The lowest BCUT2D eigenvalue weighted by Gasteiger charge is -2.24. The van der Waals surface area contributed by atoms with Crippen LogP contribution in [0.2, 0.25) is 0 Å². The lowest BCUT2D eigenvalue weighted by molar-refractivity contribution is -0.141. The summed E-state index contributed by atoms with van der Waals surface area (Å²) in [6.07, 6.45) is -3.07. The van der Waals surface area contributed by atoms with E-state index in [1.54, 1.807) is 19.1 Å². The first-order valence-corrected chi connectivity index (χ1v) is 6.70. The van der Waals surface area contributed by atoms with E-state index in [9.17, 15) is 18.0 Å². The number of halogens is 4. The molecule has 0 aromatic heterocycles. The zero-order chi connectivity index (χ0) is 14.2. The van der Waals surface area contributed by atoms with Crippen LogP contribution in [-0.2, 0) is 0 Å². The second-order valence-electron chi connectivity index (χ2n) is 4.80. The Bertz CT molecular complexity index is 477. The molecule has 1 aliphatic carbocycles. The number of amides is 1. The van der Waals surface area contributed by atoms with Gasteiger partial charge in [-0.1, -0.05) is 15.9 Å². The van der Waals surface area contributed by atoms with Crippen LogP contribution in [0.3, 0.4) is 0 Å². The van der Waals surface area contributed by atoms with Gasteiger partial charge in [-0.3, -0.25) is 4.79 Å². The summed E-state index contributed by atoms with van der Waals surface area (Å²) in [4.78, 5) is 13.1. The molecule has 2 rings (SSSR count). The number of hydrogen-bond acceptors (Lipinski definition) is 1. The fraction of sp³-hybridized carbons (Fsp3) is 0.462. The van der Waals surface area contributed by atoms with E-state index in [0.29, 0.717) is 22.9 Å². The van der Waals surface area contributed by atoms with Gasteiger partial charge >= 0.3 is 6.18 Å². The number of hydrogen-bond donors (Lipinski definition) is 0. The third-order valence-electron chi connectivity index (χ3n) is 2.89. The van der Waals surface area contributed by atoms with E-state index in [2.05, 4.69) is 15.9 Å². The molecule has 1 aromatic rings. The number of nitrogens with zero attached hydrogens (tertiary/aromatic N) is 1. The first-order chi connectivity index (χ1) is 8.76. The highest BCUT2D eigenvalue weighted by Gasteiger charge is 2.40. The largest absolute Gasteiger partial charge is 0.406 e. The van der Waals surface area contributed by atoms with Crippen molar-refractivity contribution in [3.8, 4) is 0 Å². The minimum atomic E-state index is -4.36. The Morgan fingerprint density at radius 1 is 1.37 bits per heavy atom. The van der Waals surface area contributed by atoms with E-state index in [-0.39, 0.29) is 6.04 Å². The standard InChI is InChI=1S/C13H13BrF3NO/c1-8-4-9(6-10(14)5-8)12(19)18(11-2-3-11)7-13(15,16)17/h4-6,11H,2-3,7H2,1H3. The van der Waals surface area contributed by atoms with Gasteiger partial charge in [-0.05, 0) is 43.5 Å². The molecule has 0 saturated heterocycles. The predicted molar refractivity (Wildman–Crippen MR) is 69.0 cm³/mol. The number of rotatable bonds is 3. The Balaban J connectivity index is 2.24. The smallest absolute Gasteiger partial charge is 0.327 e. The summed E-state index contributed by atoms with van der Waals surface area (Å²) in [5, 5.41) is 0. The van der Waals surface area contributed by atoms with Gasteiger partial charge in [0, 0.05) is 16.1 Å². The molecular weight excluding hydrogens is 323 g/mol. The van der Waals surface area contributed by atoms with E-state index in [4.69, 9.17) is 0 Å². The molecule has 104 valence electrons. The number of carbonyl (C=O) groups is 1. The lowest BCUT2D eigenvalue weighted by atomic mass is 10.1. The summed E-state index contributed by atoms with van der Waals surface area (Å²) in [5.41, 5.74) is 1.13. The van der Waals surface area contributed by atoms with Crippen LogP contribution in [0.25, 0.3) is 0 Å². The van der Waals surface area contributed by atoms with Crippen molar-refractivity contribution in [2.75, 3.05) is 6.54 Å². The summed E-state index contributed by atoms with van der Waals surface area (Å²) in [6, 6.07) is 4.70.